The number of hydrogen-bond donors (Lipinski definition) is 1. The maximum atomic E-state index is 13.8. The van der Waals surface area contributed by atoms with Crippen molar-refractivity contribution in [2.45, 2.75) is 45.8 Å². The minimum absolute atomic E-state index is 0.00810. The van der Waals surface area contributed by atoms with Crippen LogP contribution < -0.4 is 9.62 Å². The average molecular weight is 532 g/mol. The first-order chi connectivity index (χ1) is 15.8. The summed E-state index contributed by atoms with van der Waals surface area (Å²) in [7, 11) is -3.96. The summed E-state index contributed by atoms with van der Waals surface area (Å²) in [4.78, 5) is 27.7. The molecule has 2 rings (SSSR count). The second-order valence-electron chi connectivity index (χ2n) is 8.06. The molecule has 0 aliphatic rings. The Labute approximate surface area is 209 Å². The number of carbonyl (C=O) groups is 2. The van der Waals surface area contributed by atoms with Gasteiger partial charge in [0.15, 0.2) is 0 Å². The van der Waals surface area contributed by atoms with Crippen LogP contribution in [-0.2, 0) is 26.2 Å². The molecule has 34 heavy (non-hydrogen) atoms. The van der Waals surface area contributed by atoms with E-state index < -0.39 is 40.2 Å². The second-order valence-corrected chi connectivity index (χ2v) is 10.8. The monoisotopic (exact) mass is 531 g/mol. The van der Waals surface area contributed by atoms with Crippen LogP contribution in [0.1, 0.15) is 32.8 Å². The van der Waals surface area contributed by atoms with Gasteiger partial charge < -0.3 is 10.2 Å². The molecule has 0 heterocycles. The molecular weight excluding hydrogens is 504 g/mol. The molecule has 2 aromatic carbocycles. The van der Waals surface area contributed by atoms with Gasteiger partial charge in [-0.05, 0) is 50.6 Å². The normalized spacial score (nSPS) is 12.4. The van der Waals surface area contributed by atoms with Gasteiger partial charge in [0.05, 0.1) is 11.9 Å². The molecule has 2 aromatic rings. The van der Waals surface area contributed by atoms with Gasteiger partial charge in [-0.25, -0.2) is 12.8 Å². The zero-order valence-corrected chi connectivity index (χ0v) is 21.7. The zero-order valence-electron chi connectivity index (χ0n) is 19.4. The average Bonchev–Trinajstić information content (AvgIpc) is 2.72. The molecule has 1 N–H and O–H groups in total. The van der Waals surface area contributed by atoms with Crippen LogP contribution in [0.15, 0.2) is 42.5 Å². The molecule has 0 aromatic heterocycles. The Morgan fingerprint density at radius 3 is 2.18 bits per heavy atom. The molecule has 1 unspecified atom stereocenters. The lowest BCUT2D eigenvalue weighted by Gasteiger charge is -2.33. The third-order valence-corrected chi connectivity index (χ3v) is 6.83. The van der Waals surface area contributed by atoms with Crippen molar-refractivity contribution in [3.05, 3.63) is 63.9 Å². The maximum Gasteiger partial charge on any atom is 0.244 e. The number of rotatable bonds is 10. The smallest absolute Gasteiger partial charge is 0.244 e. The Bertz CT molecular complexity index is 1120. The molecule has 0 aliphatic carbocycles. The number of anilines is 1. The number of hydrogen-bond acceptors (Lipinski definition) is 4. The third kappa shape index (κ3) is 7.32. The molecule has 2 amide bonds. The number of halogens is 3. The van der Waals surface area contributed by atoms with Crippen molar-refractivity contribution in [2.24, 2.45) is 0 Å². The van der Waals surface area contributed by atoms with Crippen LogP contribution in [0.2, 0.25) is 10.0 Å². The summed E-state index contributed by atoms with van der Waals surface area (Å²) in [5.41, 5.74) is 0.415. The van der Waals surface area contributed by atoms with Crippen LogP contribution in [-0.4, -0.2) is 50.0 Å². The number of benzene rings is 2. The lowest BCUT2D eigenvalue weighted by molar-refractivity contribution is -0.140. The zero-order chi connectivity index (χ0) is 25.6. The summed E-state index contributed by atoms with van der Waals surface area (Å²) in [6.45, 7) is 4.55. The van der Waals surface area contributed by atoms with Crippen LogP contribution in [0.5, 0.6) is 0 Å². The van der Waals surface area contributed by atoms with Gasteiger partial charge in [0.1, 0.15) is 18.4 Å². The predicted octanol–water partition coefficient (Wildman–Crippen LogP) is 4.23. The minimum atomic E-state index is -3.96. The fourth-order valence-corrected chi connectivity index (χ4v) is 4.76. The summed E-state index contributed by atoms with van der Waals surface area (Å²) in [5.74, 6) is -1.72. The van der Waals surface area contributed by atoms with Crippen molar-refractivity contribution in [1.29, 1.82) is 0 Å². The topological polar surface area (TPSA) is 86.8 Å². The SMILES string of the molecule is CCC(C(=O)NC(C)C)N(Cc1c(Cl)cccc1Cl)C(=O)CN(c1cccc(F)c1)S(C)(=O)=O. The molecule has 7 nitrogen and oxygen atoms in total. The van der Waals surface area contributed by atoms with E-state index in [9.17, 15) is 22.4 Å². The first-order valence-electron chi connectivity index (χ1n) is 10.6. The van der Waals surface area contributed by atoms with Crippen molar-refractivity contribution < 1.29 is 22.4 Å². The molecule has 186 valence electrons. The number of amides is 2. The van der Waals surface area contributed by atoms with Crippen molar-refractivity contribution in [3.63, 3.8) is 0 Å². The molecule has 0 aliphatic heterocycles. The minimum Gasteiger partial charge on any atom is -0.352 e. The van der Waals surface area contributed by atoms with Gasteiger partial charge in [-0.3, -0.25) is 13.9 Å². The third-order valence-electron chi connectivity index (χ3n) is 4.98. The first-order valence-corrected chi connectivity index (χ1v) is 13.2. The van der Waals surface area contributed by atoms with E-state index in [1.54, 1.807) is 39.0 Å². The van der Waals surface area contributed by atoms with E-state index in [1.165, 1.54) is 23.1 Å². The molecule has 0 radical (unpaired) electrons. The molecular formula is C23H28Cl2FN3O4S. The van der Waals surface area contributed by atoms with Gasteiger partial charge in [0, 0.05) is 28.2 Å². The lowest BCUT2D eigenvalue weighted by atomic mass is 10.1. The number of carbonyl (C=O) groups excluding carboxylic acids is 2. The fourth-order valence-electron chi connectivity index (χ4n) is 3.40. The van der Waals surface area contributed by atoms with Crippen LogP contribution in [0.25, 0.3) is 0 Å². The van der Waals surface area contributed by atoms with E-state index >= 15 is 0 Å². The highest BCUT2D eigenvalue weighted by molar-refractivity contribution is 7.92. The van der Waals surface area contributed by atoms with Gasteiger partial charge in [-0.2, -0.15) is 0 Å². The molecule has 0 bridgehead atoms. The number of sulfonamides is 1. The number of nitrogens with one attached hydrogen (secondary N) is 1. The van der Waals surface area contributed by atoms with Crippen molar-refractivity contribution in [3.8, 4) is 0 Å². The van der Waals surface area contributed by atoms with Gasteiger partial charge in [-0.1, -0.05) is 42.3 Å². The summed E-state index contributed by atoms with van der Waals surface area (Å²) < 4.78 is 39.6. The molecule has 11 heteroatoms. The van der Waals surface area contributed by atoms with Crippen LogP contribution in [0, 0.1) is 5.82 Å². The van der Waals surface area contributed by atoms with E-state index in [2.05, 4.69) is 5.32 Å². The van der Waals surface area contributed by atoms with Gasteiger partial charge in [-0.15, -0.1) is 0 Å². The Hall–Kier alpha value is -2.36. The highest BCUT2D eigenvalue weighted by Gasteiger charge is 2.32. The molecule has 0 saturated heterocycles. The number of nitrogens with zero attached hydrogens (tertiary/aromatic N) is 2. The molecule has 0 saturated carbocycles. The summed E-state index contributed by atoms with van der Waals surface area (Å²) in [6, 6.07) is 8.69. The van der Waals surface area contributed by atoms with Gasteiger partial charge >= 0.3 is 0 Å². The summed E-state index contributed by atoms with van der Waals surface area (Å²) in [6.07, 6.45) is 1.18. The van der Waals surface area contributed by atoms with Crippen LogP contribution >= 0.6 is 23.2 Å². The van der Waals surface area contributed by atoms with Crippen LogP contribution in [0.3, 0.4) is 0 Å². The fraction of sp³-hybridized carbons (Fsp3) is 0.391. The van der Waals surface area contributed by atoms with Crippen LogP contribution in [0.4, 0.5) is 10.1 Å². The largest absolute Gasteiger partial charge is 0.352 e. The predicted molar refractivity (Wildman–Crippen MR) is 133 cm³/mol. The molecule has 1 atom stereocenters. The van der Waals surface area contributed by atoms with E-state index in [0.717, 1.165) is 16.6 Å². The van der Waals surface area contributed by atoms with Crippen molar-refractivity contribution in [2.75, 3.05) is 17.1 Å². The highest BCUT2D eigenvalue weighted by Crippen LogP contribution is 2.27. The van der Waals surface area contributed by atoms with E-state index in [0.29, 0.717) is 15.6 Å². The van der Waals surface area contributed by atoms with Crippen molar-refractivity contribution in [1.82, 2.24) is 10.2 Å². The van der Waals surface area contributed by atoms with Gasteiger partial charge in [0.2, 0.25) is 21.8 Å². The van der Waals surface area contributed by atoms with Gasteiger partial charge in [0.25, 0.3) is 0 Å². The first kappa shape index (κ1) is 27.9. The maximum absolute atomic E-state index is 13.8. The lowest BCUT2D eigenvalue weighted by Crippen LogP contribution is -2.53. The molecule has 0 spiro atoms. The van der Waals surface area contributed by atoms with E-state index in [1.807, 2.05) is 0 Å². The van der Waals surface area contributed by atoms with E-state index in [4.69, 9.17) is 23.2 Å². The Kier molecular flexibility index (Phi) is 9.73. The Balaban J connectivity index is 2.51. The second kappa shape index (κ2) is 11.9. The summed E-state index contributed by atoms with van der Waals surface area (Å²) >= 11 is 12.6. The van der Waals surface area contributed by atoms with E-state index in [-0.39, 0.29) is 24.7 Å². The summed E-state index contributed by atoms with van der Waals surface area (Å²) in [5, 5.41) is 3.39. The van der Waals surface area contributed by atoms with Crippen molar-refractivity contribution >= 4 is 50.7 Å². The molecule has 0 fully saturated rings. The quantitative estimate of drug-likeness (QED) is 0.496. The Morgan fingerprint density at radius 2 is 1.68 bits per heavy atom. The Morgan fingerprint density at radius 1 is 1.09 bits per heavy atom. The standard InChI is InChI=1S/C23H28Cl2FN3O4S/c1-5-21(23(31)27-15(2)3)28(13-18-19(24)10-7-11-20(18)25)22(30)14-29(34(4,32)33)17-9-6-8-16(26)12-17/h6-12,15,21H,5,13-14H2,1-4H3,(H,27,31). The highest BCUT2D eigenvalue weighted by atomic mass is 35.5.